The average molecular weight is 213 g/mol. The van der Waals surface area contributed by atoms with E-state index in [9.17, 15) is 9.59 Å². The average Bonchev–Trinajstić information content (AvgIpc) is 2.21. The molecule has 1 heterocycles. The van der Waals surface area contributed by atoms with Crippen molar-refractivity contribution < 1.29 is 9.59 Å². The number of nitrogens with two attached hydrogens (primary N) is 1. The fourth-order valence-corrected chi connectivity index (χ4v) is 1.45. The zero-order valence-electron chi connectivity index (χ0n) is 9.62. The maximum Gasteiger partial charge on any atom is 0.241 e. The van der Waals surface area contributed by atoms with E-state index in [2.05, 4.69) is 0 Å². The monoisotopic (exact) mass is 213 g/mol. The molecule has 0 spiro atoms. The molecule has 1 fully saturated rings. The SMILES string of the molecule is CN1CCN(C(=O)C(C)(C)CN)CC1=O. The first kappa shape index (κ1) is 12.0. The first-order chi connectivity index (χ1) is 6.88. The molecule has 2 N–H and O–H groups in total. The van der Waals surface area contributed by atoms with Gasteiger partial charge >= 0.3 is 0 Å². The largest absolute Gasteiger partial charge is 0.342 e. The van der Waals surface area contributed by atoms with Crippen molar-refractivity contribution in [1.29, 1.82) is 0 Å². The van der Waals surface area contributed by atoms with E-state index in [0.717, 1.165) is 0 Å². The number of amides is 2. The van der Waals surface area contributed by atoms with E-state index >= 15 is 0 Å². The van der Waals surface area contributed by atoms with Gasteiger partial charge in [0.15, 0.2) is 0 Å². The molecule has 1 saturated heterocycles. The summed E-state index contributed by atoms with van der Waals surface area (Å²) < 4.78 is 0. The molecule has 0 atom stereocenters. The molecule has 5 heteroatoms. The van der Waals surface area contributed by atoms with Crippen molar-refractivity contribution in [3.05, 3.63) is 0 Å². The van der Waals surface area contributed by atoms with Gasteiger partial charge in [-0.25, -0.2) is 0 Å². The second-order valence-corrected chi connectivity index (χ2v) is 4.63. The predicted molar refractivity (Wildman–Crippen MR) is 57.1 cm³/mol. The number of hydrogen-bond donors (Lipinski definition) is 1. The highest BCUT2D eigenvalue weighted by Crippen LogP contribution is 2.18. The molecule has 0 bridgehead atoms. The fraction of sp³-hybridized carbons (Fsp3) is 0.800. The van der Waals surface area contributed by atoms with Crippen LogP contribution in [0.4, 0.5) is 0 Å². The Kier molecular flexibility index (Phi) is 3.34. The van der Waals surface area contributed by atoms with E-state index in [4.69, 9.17) is 5.73 Å². The van der Waals surface area contributed by atoms with Crippen molar-refractivity contribution in [2.24, 2.45) is 11.1 Å². The number of nitrogens with zero attached hydrogens (tertiary/aromatic N) is 2. The van der Waals surface area contributed by atoms with Crippen molar-refractivity contribution in [2.75, 3.05) is 33.2 Å². The van der Waals surface area contributed by atoms with Gasteiger partial charge in [-0.2, -0.15) is 0 Å². The number of rotatable bonds is 2. The maximum atomic E-state index is 12.0. The van der Waals surface area contributed by atoms with Crippen molar-refractivity contribution in [3.63, 3.8) is 0 Å². The Bertz CT molecular complexity index is 276. The summed E-state index contributed by atoms with van der Waals surface area (Å²) in [6.45, 7) is 5.29. The van der Waals surface area contributed by atoms with Gasteiger partial charge in [-0.05, 0) is 13.8 Å². The summed E-state index contributed by atoms with van der Waals surface area (Å²) in [5, 5.41) is 0. The highest BCUT2D eigenvalue weighted by Gasteiger charge is 2.34. The summed E-state index contributed by atoms with van der Waals surface area (Å²) in [7, 11) is 1.75. The molecule has 15 heavy (non-hydrogen) atoms. The standard InChI is InChI=1S/C10H19N3O2/c1-10(2,7-11)9(15)13-5-4-12(3)8(14)6-13/h4-7,11H2,1-3H3. The zero-order chi connectivity index (χ0) is 11.6. The summed E-state index contributed by atoms with van der Waals surface area (Å²) >= 11 is 0. The molecule has 5 nitrogen and oxygen atoms in total. The van der Waals surface area contributed by atoms with Gasteiger partial charge in [0.2, 0.25) is 11.8 Å². The number of carbonyl (C=O) groups is 2. The van der Waals surface area contributed by atoms with Crippen LogP contribution < -0.4 is 5.73 Å². The number of piperazine rings is 1. The van der Waals surface area contributed by atoms with Crippen molar-refractivity contribution >= 4 is 11.8 Å². The van der Waals surface area contributed by atoms with Crippen LogP contribution in [0.1, 0.15) is 13.8 Å². The molecule has 0 radical (unpaired) electrons. The molecule has 1 rings (SSSR count). The molecule has 0 aliphatic carbocycles. The third-order valence-corrected chi connectivity index (χ3v) is 2.83. The van der Waals surface area contributed by atoms with Crippen molar-refractivity contribution in [2.45, 2.75) is 13.8 Å². The minimum Gasteiger partial charge on any atom is -0.342 e. The summed E-state index contributed by atoms with van der Waals surface area (Å²) in [4.78, 5) is 26.6. The van der Waals surface area contributed by atoms with Crippen LogP contribution in [0.15, 0.2) is 0 Å². The molecule has 1 aliphatic heterocycles. The Morgan fingerprint density at radius 2 is 2.07 bits per heavy atom. The Morgan fingerprint density at radius 1 is 1.47 bits per heavy atom. The molecule has 0 unspecified atom stereocenters. The number of hydrogen-bond acceptors (Lipinski definition) is 3. The third kappa shape index (κ3) is 2.47. The van der Waals surface area contributed by atoms with E-state index in [-0.39, 0.29) is 18.4 Å². The lowest BCUT2D eigenvalue weighted by Crippen LogP contribution is -2.54. The molecule has 0 aromatic heterocycles. The minimum atomic E-state index is -0.573. The highest BCUT2D eigenvalue weighted by atomic mass is 16.2. The fourth-order valence-electron chi connectivity index (χ4n) is 1.45. The molecule has 0 saturated carbocycles. The van der Waals surface area contributed by atoms with Crippen molar-refractivity contribution in [1.82, 2.24) is 9.80 Å². The van der Waals surface area contributed by atoms with Crippen LogP contribution in [0.3, 0.4) is 0 Å². The van der Waals surface area contributed by atoms with E-state index in [0.29, 0.717) is 19.6 Å². The van der Waals surface area contributed by atoms with Gasteiger partial charge in [0.1, 0.15) is 0 Å². The normalized spacial score (nSPS) is 18.3. The highest BCUT2D eigenvalue weighted by molar-refractivity contribution is 5.88. The van der Waals surface area contributed by atoms with Gasteiger partial charge in [0.25, 0.3) is 0 Å². The maximum absolute atomic E-state index is 12.0. The van der Waals surface area contributed by atoms with Crippen LogP contribution in [-0.4, -0.2) is 54.8 Å². The second-order valence-electron chi connectivity index (χ2n) is 4.63. The Balaban J connectivity index is 2.67. The van der Waals surface area contributed by atoms with Crippen LogP contribution in [0.2, 0.25) is 0 Å². The Morgan fingerprint density at radius 3 is 2.53 bits per heavy atom. The number of carbonyl (C=O) groups excluding carboxylic acids is 2. The summed E-state index contributed by atoms with van der Waals surface area (Å²) in [6, 6.07) is 0. The Hall–Kier alpha value is -1.10. The number of likely N-dealkylation sites (N-methyl/N-ethyl adjacent to an activating group) is 1. The summed E-state index contributed by atoms with van der Waals surface area (Å²) in [5.74, 6) is -0.0473. The molecule has 2 amide bonds. The summed E-state index contributed by atoms with van der Waals surface area (Å²) in [5.41, 5.74) is 4.96. The zero-order valence-corrected chi connectivity index (χ0v) is 9.62. The minimum absolute atomic E-state index is 0.0116. The molecule has 1 aliphatic rings. The van der Waals surface area contributed by atoms with E-state index in [1.165, 1.54) is 0 Å². The lowest BCUT2D eigenvalue weighted by molar-refractivity contribution is -0.149. The van der Waals surface area contributed by atoms with Gasteiger partial charge in [-0.15, -0.1) is 0 Å². The van der Waals surface area contributed by atoms with Gasteiger partial charge in [-0.3, -0.25) is 9.59 Å². The molecule has 0 aromatic rings. The van der Waals surface area contributed by atoms with Crippen LogP contribution in [0.25, 0.3) is 0 Å². The topological polar surface area (TPSA) is 66.6 Å². The molecular weight excluding hydrogens is 194 g/mol. The molecule has 0 aromatic carbocycles. The first-order valence-corrected chi connectivity index (χ1v) is 5.12. The van der Waals surface area contributed by atoms with E-state index in [1.807, 2.05) is 0 Å². The lowest BCUT2D eigenvalue weighted by atomic mass is 9.91. The van der Waals surface area contributed by atoms with Gasteiger partial charge in [-0.1, -0.05) is 0 Å². The second kappa shape index (κ2) is 4.18. The Labute approximate surface area is 90.2 Å². The third-order valence-electron chi connectivity index (χ3n) is 2.83. The summed E-state index contributed by atoms with van der Waals surface area (Å²) in [6.07, 6.45) is 0. The van der Waals surface area contributed by atoms with E-state index < -0.39 is 5.41 Å². The van der Waals surface area contributed by atoms with Crippen LogP contribution in [0, 0.1) is 5.41 Å². The van der Waals surface area contributed by atoms with Gasteiger partial charge in [0.05, 0.1) is 12.0 Å². The lowest BCUT2D eigenvalue weighted by Gasteiger charge is -2.36. The van der Waals surface area contributed by atoms with Crippen LogP contribution in [-0.2, 0) is 9.59 Å². The van der Waals surface area contributed by atoms with Crippen LogP contribution in [0.5, 0.6) is 0 Å². The smallest absolute Gasteiger partial charge is 0.241 e. The van der Waals surface area contributed by atoms with Crippen molar-refractivity contribution in [3.8, 4) is 0 Å². The molecular formula is C10H19N3O2. The first-order valence-electron chi connectivity index (χ1n) is 5.12. The van der Waals surface area contributed by atoms with Crippen LogP contribution >= 0.6 is 0 Å². The quantitative estimate of drug-likeness (QED) is 0.658. The predicted octanol–water partition coefficient (Wildman–Crippen LogP) is -0.728. The van der Waals surface area contributed by atoms with Gasteiger partial charge in [0, 0.05) is 26.7 Å². The van der Waals surface area contributed by atoms with E-state index in [1.54, 1.807) is 30.7 Å². The molecule has 86 valence electrons. The van der Waals surface area contributed by atoms with Gasteiger partial charge < -0.3 is 15.5 Å².